The van der Waals surface area contributed by atoms with Crippen LogP contribution in [0.4, 0.5) is 0 Å². The highest BCUT2D eigenvalue weighted by molar-refractivity contribution is 7.22. The second-order valence-electron chi connectivity index (χ2n) is 8.13. The van der Waals surface area contributed by atoms with Crippen LogP contribution in [-0.4, -0.2) is 53.9 Å². The van der Waals surface area contributed by atoms with Gasteiger partial charge in [-0.1, -0.05) is 36.4 Å². The van der Waals surface area contributed by atoms with Crippen molar-refractivity contribution in [1.29, 1.82) is 0 Å². The molecule has 0 bridgehead atoms. The maximum Gasteiger partial charge on any atom is 0.275 e. The summed E-state index contributed by atoms with van der Waals surface area (Å²) in [6, 6.07) is 12.1. The average molecular weight is 450 g/mol. The molecule has 1 aliphatic heterocycles. The number of hydrogen-bond donors (Lipinski definition) is 0. The highest BCUT2D eigenvalue weighted by Crippen LogP contribution is 2.31. The zero-order valence-electron chi connectivity index (χ0n) is 18.2. The first-order valence-electron chi connectivity index (χ1n) is 11.1. The molecule has 2 aromatic heterocycles. The SMILES string of the molecule is COC1=CC(n2cnc3cc(-c4ccccc4)sc3c2=O)=CCC1OCCN1CCCC1. The number of thiophene rings is 1. The molecule has 0 radical (unpaired) electrons. The van der Waals surface area contributed by atoms with Gasteiger partial charge in [0.2, 0.25) is 0 Å². The Morgan fingerprint density at radius 2 is 2.00 bits per heavy atom. The van der Waals surface area contributed by atoms with Crippen molar-refractivity contribution in [2.24, 2.45) is 0 Å². The third-order valence-corrected chi connectivity index (χ3v) is 7.25. The lowest BCUT2D eigenvalue weighted by Gasteiger charge is -2.24. The average Bonchev–Trinajstić information content (AvgIpc) is 3.51. The van der Waals surface area contributed by atoms with Crippen LogP contribution in [0.2, 0.25) is 0 Å². The number of fused-ring (bicyclic) bond motifs is 1. The van der Waals surface area contributed by atoms with E-state index in [2.05, 4.69) is 9.88 Å². The second kappa shape index (κ2) is 9.40. The molecule has 6 nitrogen and oxygen atoms in total. The quantitative estimate of drug-likeness (QED) is 0.536. The number of hydrogen-bond acceptors (Lipinski definition) is 6. The lowest BCUT2D eigenvalue weighted by atomic mass is 10.1. The van der Waals surface area contributed by atoms with Crippen molar-refractivity contribution in [2.45, 2.75) is 25.4 Å². The van der Waals surface area contributed by atoms with Gasteiger partial charge in [0.15, 0.2) is 0 Å². The van der Waals surface area contributed by atoms with E-state index in [1.165, 1.54) is 24.2 Å². The Balaban J connectivity index is 1.35. The van der Waals surface area contributed by atoms with E-state index in [4.69, 9.17) is 9.47 Å². The summed E-state index contributed by atoms with van der Waals surface area (Å²) in [5.41, 5.74) is 2.53. The van der Waals surface area contributed by atoms with Gasteiger partial charge in [-0.15, -0.1) is 11.3 Å². The van der Waals surface area contributed by atoms with Crippen LogP contribution >= 0.6 is 11.3 Å². The van der Waals surface area contributed by atoms with Crippen LogP contribution in [0, 0.1) is 0 Å². The van der Waals surface area contributed by atoms with Gasteiger partial charge in [0, 0.05) is 29.6 Å². The van der Waals surface area contributed by atoms with Crippen molar-refractivity contribution < 1.29 is 9.47 Å². The summed E-state index contributed by atoms with van der Waals surface area (Å²) >= 11 is 1.48. The van der Waals surface area contributed by atoms with E-state index < -0.39 is 0 Å². The fraction of sp³-hybridized carbons (Fsp3) is 0.360. The largest absolute Gasteiger partial charge is 0.498 e. The summed E-state index contributed by atoms with van der Waals surface area (Å²) in [6.07, 6.45) is 8.64. The van der Waals surface area contributed by atoms with Gasteiger partial charge in [0.05, 0.1) is 19.2 Å². The molecule has 0 amide bonds. The van der Waals surface area contributed by atoms with Crippen LogP contribution in [0.5, 0.6) is 0 Å². The number of allylic oxidation sites excluding steroid dienone is 2. The third kappa shape index (κ3) is 4.28. The van der Waals surface area contributed by atoms with E-state index in [1.54, 1.807) is 18.0 Å². The Bertz CT molecular complexity index is 1210. The first kappa shape index (κ1) is 21.1. The number of benzene rings is 1. The number of ether oxygens (including phenoxy) is 2. The van der Waals surface area contributed by atoms with Gasteiger partial charge in [-0.05, 0) is 37.6 Å². The number of nitrogens with zero attached hydrogens (tertiary/aromatic N) is 3. The van der Waals surface area contributed by atoms with Crippen molar-refractivity contribution in [3.8, 4) is 10.4 Å². The minimum Gasteiger partial charge on any atom is -0.498 e. The van der Waals surface area contributed by atoms with Gasteiger partial charge < -0.3 is 14.4 Å². The van der Waals surface area contributed by atoms with E-state index in [-0.39, 0.29) is 11.7 Å². The summed E-state index contributed by atoms with van der Waals surface area (Å²) in [5, 5.41) is 0. The smallest absolute Gasteiger partial charge is 0.275 e. The van der Waals surface area contributed by atoms with E-state index in [9.17, 15) is 4.79 Å². The van der Waals surface area contributed by atoms with E-state index in [0.717, 1.165) is 47.0 Å². The summed E-state index contributed by atoms with van der Waals surface area (Å²) in [5.74, 6) is 0.743. The fourth-order valence-corrected chi connectivity index (χ4v) is 5.37. The van der Waals surface area contributed by atoms with E-state index in [1.807, 2.05) is 48.6 Å². The molecule has 1 aromatic carbocycles. The van der Waals surface area contributed by atoms with Crippen molar-refractivity contribution in [3.05, 3.63) is 71.0 Å². The predicted molar refractivity (Wildman–Crippen MR) is 129 cm³/mol. The summed E-state index contributed by atoms with van der Waals surface area (Å²) < 4.78 is 14.0. The van der Waals surface area contributed by atoms with Crippen molar-refractivity contribution in [2.75, 3.05) is 33.4 Å². The first-order valence-corrected chi connectivity index (χ1v) is 11.9. The van der Waals surface area contributed by atoms with Crippen LogP contribution < -0.4 is 5.56 Å². The summed E-state index contributed by atoms with van der Waals surface area (Å²) in [7, 11) is 1.65. The molecule has 166 valence electrons. The molecule has 1 aliphatic carbocycles. The zero-order valence-corrected chi connectivity index (χ0v) is 19.0. The Morgan fingerprint density at radius 1 is 1.19 bits per heavy atom. The number of rotatable bonds is 7. The number of likely N-dealkylation sites (tertiary alicyclic amines) is 1. The molecular weight excluding hydrogens is 422 g/mol. The molecule has 1 fully saturated rings. The van der Waals surface area contributed by atoms with Crippen molar-refractivity contribution in [1.82, 2.24) is 14.5 Å². The van der Waals surface area contributed by atoms with E-state index in [0.29, 0.717) is 17.7 Å². The van der Waals surface area contributed by atoms with Crippen LogP contribution in [0.1, 0.15) is 19.3 Å². The third-order valence-electron chi connectivity index (χ3n) is 6.08. The minimum atomic E-state index is -0.120. The van der Waals surface area contributed by atoms with Crippen LogP contribution in [0.25, 0.3) is 26.4 Å². The fourth-order valence-electron chi connectivity index (χ4n) is 4.32. The second-order valence-corrected chi connectivity index (χ2v) is 9.19. The monoisotopic (exact) mass is 449 g/mol. The molecule has 0 N–H and O–H groups in total. The molecule has 5 rings (SSSR count). The van der Waals surface area contributed by atoms with Crippen molar-refractivity contribution >= 4 is 27.3 Å². The molecule has 0 saturated carbocycles. The normalized spacial score (nSPS) is 19.2. The van der Waals surface area contributed by atoms with Gasteiger partial charge in [-0.3, -0.25) is 9.36 Å². The Kier molecular flexibility index (Phi) is 6.21. The molecule has 0 spiro atoms. The predicted octanol–water partition coefficient (Wildman–Crippen LogP) is 4.38. The molecule has 7 heteroatoms. The van der Waals surface area contributed by atoms with Crippen LogP contribution in [0.3, 0.4) is 0 Å². The van der Waals surface area contributed by atoms with Gasteiger partial charge in [0.25, 0.3) is 5.56 Å². The zero-order chi connectivity index (χ0) is 21.9. The van der Waals surface area contributed by atoms with Gasteiger partial charge >= 0.3 is 0 Å². The summed E-state index contributed by atoms with van der Waals surface area (Å²) in [4.78, 5) is 21.3. The standard InChI is InChI=1S/C25H27N3O3S/c1-30-22-15-19(9-10-21(22)31-14-13-27-11-5-6-12-27)28-17-26-20-16-23(32-24(20)25(28)29)18-7-3-2-4-8-18/h2-4,7-9,15-17,21H,5-6,10-14H2,1H3. The van der Waals surface area contributed by atoms with Crippen LogP contribution in [-0.2, 0) is 9.47 Å². The Morgan fingerprint density at radius 3 is 2.78 bits per heavy atom. The lowest BCUT2D eigenvalue weighted by Crippen LogP contribution is -2.28. The Hall–Kier alpha value is -2.74. The van der Waals surface area contributed by atoms with Crippen LogP contribution in [0.15, 0.2) is 65.4 Å². The molecule has 32 heavy (non-hydrogen) atoms. The van der Waals surface area contributed by atoms with E-state index >= 15 is 0 Å². The van der Waals surface area contributed by atoms with Gasteiger partial charge in [-0.25, -0.2) is 4.98 Å². The van der Waals surface area contributed by atoms with Gasteiger partial charge in [-0.2, -0.15) is 0 Å². The Labute approximate surface area is 191 Å². The highest BCUT2D eigenvalue weighted by atomic mass is 32.1. The lowest BCUT2D eigenvalue weighted by molar-refractivity contribution is 0.0305. The topological polar surface area (TPSA) is 56.6 Å². The van der Waals surface area contributed by atoms with Gasteiger partial charge in [0.1, 0.15) is 22.9 Å². The summed E-state index contributed by atoms with van der Waals surface area (Å²) in [6.45, 7) is 3.96. The highest BCUT2D eigenvalue weighted by Gasteiger charge is 2.22. The molecule has 2 aliphatic rings. The maximum atomic E-state index is 13.3. The first-order chi connectivity index (χ1) is 15.7. The maximum absolute atomic E-state index is 13.3. The molecule has 1 atom stereocenters. The number of aromatic nitrogens is 2. The molecule has 3 aromatic rings. The minimum absolute atomic E-state index is 0.0615. The molecule has 1 unspecified atom stereocenters. The molecule has 1 saturated heterocycles. The number of methoxy groups -OCH3 is 1. The molecular formula is C25H27N3O3S. The van der Waals surface area contributed by atoms with Crippen molar-refractivity contribution in [3.63, 3.8) is 0 Å². The molecule has 3 heterocycles.